The Kier molecular flexibility index (Phi) is 3.58. The lowest BCUT2D eigenvalue weighted by Gasteiger charge is -2.37. The van der Waals surface area contributed by atoms with Gasteiger partial charge in [0.25, 0.3) is 0 Å². The summed E-state index contributed by atoms with van der Waals surface area (Å²) >= 11 is 0. The first-order valence-corrected chi connectivity index (χ1v) is 5.88. The van der Waals surface area contributed by atoms with Crippen LogP contribution in [0.5, 0.6) is 0 Å². The molecule has 2 rings (SSSR count). The number of carbonyl (C=O) groups is 1. The van der Waals surface area contributed by atoms with Gasteiger partial charge in [-0.05, 0) is 19.1 Å². The van der Waals surface area contributed by atoms with Crippen LogP contribution in [0.3, 0.4) is 0 Å². The van der Waals surface area contributed by atoms with Crippen molar-refractivity contribution in [1.29, 1.82) is 0 Å². The van der Waals surface area contributed by atoms with Gasteiger partial charge in [0.05, 0.1) is 6.04 Å². The van der Waals surface area contributed by atoms with Crippen LogP contribution in [-0.4, -0.2) is 48.0 Å². The van der Waals surface area contributed by atoms with Crippen molar-refractivity contribution < 1.29 is 4.79 Å². The molecule has 5 nitrogen and oxygen atoms in total. The Balaban J connectivity index is 1.93. The average Bonchev–Trinajstić information content (AvgIpc) is 2.39. The SMILES string of the molecule is C[C@@H](C(N)=O)N1CCN(c2ccccn2)CC1. The van der Waals surface area contributed by atoms with Crippen molar-refractivity contribution in [2.24, 2.45) is 5.73 Å². The molecule has 1 aromatic rings. The number of aromatic nitrogens is 1. The van der Waals surface area contributed by atoms with Crippen LogP contribution in [0.4, 0.5) is 5.82 Å². The molecule has 1 aromatic heterocycles. The maximum atomic E-state index is 11.1. The Bertz CT molecular complexity index is 373. The zero-order valence-corrected chi connectivity index (χ0v) is 10.0. The summed E-state index contributed by atoms with van der Waals surface area (Å²) in [6, 6.07) is 5.73. The summed E-state index contributed by atoms with van der Waals surface area (Å²) in [5, 5.41) is 0. The zero-order valence-electron chi connectivity index (χ0n) is 10.0. The van der Waals surface area contributed by atoms with Crippen molar-refractivity contribution in [2.45, 2.75) is 13.0 Å². The van der Waals surface area contributed by atoms with E-state index in [2.05, 4.69) is 14.8 Å². The molecule has 92 valence electrons. The summed E-state index contributed by atoms with van der Waals surface area (Å²) in [7, 11) is 0. The second-order valence-corrected chi connectivity index (χ2v) is 4.29. The van der Waals surface area contributed by atoms with E-state index >= 15 is 0 Å². The van der Waals surface area contributed by atoms with Crippen molar-refractivity contribution >= 4 is 11.7 Å². The molecule has 0 unspecified atom stereocenters. The minimum atomic E-state index is -0.253. The van der Waals surface area contributed by atoms with Crippen LogP contribution >= 0.6 is 0 Å². The highest BCUT2D eigenvalue weighted by atomic mass is 16.1. The van der Waals surface area contributed by atoms with Gasteiger partial charge in [0.1, 0.15) is 5.82 Å². The monoisotopic (exact) mass is 234 g/mol. The van der Waals surface area contributed by atoms with E-state index < -0.39 is 0 Å². The Morgan fingerprint density at radius 2 is 2.06 bits per heavy atom. The first-order chi connectivity index (χ1) is 8.18. The lowest BCUT2D eigenvalue weighted by Crippen LogP contribution is -2.53. The Morgan fingerprint density at radius 3 is 2.59 bits per heavy atom. The highest BCUT2D eigenvalue weighted by Gasteiger charge is 2.24. The molecule has 1 saturated heterocycles. The molecule has 2 N–H and O–H groups in total. The second kappa shape index (κ2) is 5.14. The van der Waals surface area contributed by atoms with Crippen molar-refractivity contribution in [3.8, 4) is 0 Å². The first kappa shape index (κ1) is 11.9. The van der Waals surface area contributed by atoms with E-state index in [-0.39, 0.29) is 11.9 Å². The molecule has 0 spiro atoms. The fraction of sp³-hybridized carbons (Fsp3) is 0.500. The zero-order chi connectivity index (χ0) is 12.3. The van der Waals surface area contributed by atoms with E-state index in [9.17, 15) is 4.79 Å². The van der Waals surface area contributed by atoms with Gasteiger partial charge in [-0.25, -0.2) is 4.98 Å². The van der Waals surface area contributed by atoms with Crippen LogP contribution < -0.4 is 10.6 Å². The number of nitrogens with two attached hydrogens (primary N) is 1. The van der Waals surface area contributed by atoms with Crippen LogP contribution in [0.2, 0.25) is 0 Å². The van der Waals surface area contributed by atoms with Gasteiger partial charge in [0.2, 0.25) is 5.91 Å². The molecule has 1 aliphatic heterocycles. The standard InChI is InChI=1S/C12H18N4O/c1-10(12(13)17)15-6-8-16(9-7-15)11-4-2-3-5-14-11/h2-5,10H,6-9H2,1H3,(H2,13,17)/t10-/m0/s1. The van der Waals surface area contributed by atoms with E-state index in [4.69, 9.17) is 5.73 Å². The summed E-state index contributed by atoms with van der Waals surface area (Å²) in [6.45, 7) is 5.32. The van der Waals surface area contributed by atoms with Gasteiger partial charge in [-0.2, -0.15) is 0 Å². The van der Waals surface area contributed by atoms with Gasteiger partial charge in [0.15, 0.2) is 0 Å². The third-order valence-electron chi connectivity index (χ3n) is 3.25. The first-order valence-electron chi connectivity index (χ1n) is 5.88. The number of carbonyl (C=O) groups excluding carboxylic acids is 1. The number of piperazine rings is 1. The lowest BCUT2D eigenvalue weighted by molar-refractivity contribution is -0.122. The minimum Gasteiger partial charge on any atom is -0.368 e. The predicted octanol–water partition coefficient (Wildman–Crippen LogP) is 0.0774. The van der Waals surface area contributed by atoms with Crippen molar-refractivity contribution in [1.82, 2.24) is 9.88 Å². The summed E-state index contributed by atoms with van der Waals surface area (Å²) in [5.74, 6) is 0.746. The number of primary amides is 1. The van der Waals surface area contributed by atoms with Gasteiger partial charge in [-0.3, -0.25) is 9.69 Å². The molecular formula is C12H18N4O. The molecule has 1 aliphatic rings. The van der Waals surface area contributed by atoms with Gasteiger partial charge >= 0.3 is 0 Å². The Morgan fingerprint density at radius 1 is 1.35 bits per heavy atom. The summed E-state index contributed by atoms with van der Waals surface area (Å²) in [5.41, 5.74) is 5.31. The Labute approximate surface area is 101 Å². The molecule has 2 heterocycles. The number of hydrogen-bond acceptors (Lipinski definition) is 4. The minimum absolute atomic E-state index is 0.180. The summed E-state index contributed by atoms with van der Waals surface area (Å²) in [6.07, 6.45) is 1.80. The second-order valence-electron chi connectivity index (χ2n) is 4.29. The summed E-state index contributed by atoms with van der Waals surface area (Å²) in [4.78, 5) is 19.8. The van der Waals surface area contributed by atoms with Crippen LogP contribution in [-0.2, 0) is 4.79 Å². The number of pyridine rings is 1. The Hall–Kier alpha value is -1.62. The fourth-order valence-electron chi connectivity index (χ4n) is 2.06. The largest absolute Gasteiger partial charge is 0.368 e. The number of nitrogens with zero attached hydrogens (tertiary/aromatic N) is 3. The normalized spacial score (nSPS) is 19.0. The van der Waals surface area contributed by atoms with Crippen LogP contribution in [0.25, 0.3) is 0 Å². The molecule has 0 radical (unpaired) electrons. The van der Waals surface area contributed by atoms with Gasteiger partial charge in [0, 0.05) is 32.4 Å². The average molecular weight is 234 g/mol. The molecule has 17 heavy (non-hydrogen) atoms. The van der Waals surface area contributed by atoms with E-state index in [0.29, 0.717) is 0 Å². The molecule has 1 fully saturated rings. The van der Waals surface area contributed by atoms with E-state index in [1.54, 1.807) is 6.20 Å². The highest BCUT2D eigenvalue weighted by molar-refractivity contribution is 5.79. The molecule has 0 bridgehead atoms. The lowest BCUT2D eigenvalue weighted by atomic mass is 10.2. The van der Waals surface area contributed by atoms with E-state index in [1.165, 1.54) is 0 Å². The molecule has 1 amide bonds. The highest BCUT2D eigenvalue weighted by Crippen LogP contribution is 2.13. The van der Waals surface area contributed by atoms with Crippen LogP contribution in [0, 0.1) is 0 Å². The van der Waals surface area contributed by atoms with Crippen molar-refractivity contribution in [3.05, 3.63) is 24.4 Å². The quantitative estimate of drug-likeness (QED) is 0.804. The molecular weight excluding hydrogens is 216 g/mol. The van der Waals surface area contributed by atoms with Gasteiger partial charge < -0.3 is 10.6 Å². The molecule has 0 aromatic carbocycles. The van der Waals surface area contributed by atoms with Gasteiger partial charge in [-0.1, -0.05) is 6.07 Å². The van der Waals surface area contributed by atoms with Gasteiger partial charge in [-0.15, -0.1) is 0 Å². The number of rotatable bonds is 3. The number of amides is 1. The third-order valence-corrected chi connectivity index (χ3v) is 3.25. The number of anilines is 1. The topological polar surface area (TPSA) is 62.5 Å². The van der Waals surface area contributed by atoms with Crippen molar-refractivity contribution in [2.75, 3.05) is 31.1 Å². The maximum Gasteiger partial charge on any atom is 0.234 e. The third kappa shape index (κ3) is 2.74. The predicted molar refractivity (Wildman–Crippen MR) is 66.7 cm³/mol. The molecule has 0 aliphatic carbocycles. The molecule has 0 saturated carbocycles. The number of hydrogen-bond donors (Lipinski definition) is 1. The van der Waals surface area contributed by atoms with Crippen molar-refractivity contribution in [3.63, 3.8) is 0 Å². The molecule has 1 atom stereocenters. The summed E-state index contributed by atoms with van der Waals surface area (Å²) < 4.78 is 0. The van der Waals surface area contributed by atoms with E-state index in [1.807, 2.05) is 25.1 Å². The van der Waals surface area contributed by atoms with Crippen LogP contribution in [0.1, 0.15) is 6.92 Å². The maximum absolute atomic E-state index is 11.1. The molecule has 5 heteroatoms. The smallest absolute Gasteiger partial charge is 0.234 e. The fourth-order valence-corrected chi connectivity index (χ4v) is 2.06. The van der Waals surface area contributed by atoms with E-state index in [0.717, 1.165) is 32.0 Å². The van der Waals surface area contributed by atoms with Crippen LogP contribution in [0.15, 0.2) is 24.4 Å².